The molecule has 1 aromatic carbocycles. The van der Waals surface area contributed by atoms with E-state index in [0.717, 1.165) is 41.5 Å². The summed E-state index contributed by atoms with van der Waals surface area (Å²) in [6.07, 6.45) is 9.30. The summed E-state index contributed by atoms with van der Waals surface area (Å²) in [5.41, 5.74) is 2.26. The van der Waals surface area contributed by atoms with Gasteiger partial charge in [-0.2, -0.15) is 0 Å². The summed E-state index contributed by atoms with van der Waals surface area (Å²) < 4.78 is 5.37. The monoisotopic (exact) mass is 486 g/mol. The van der Waals surface area contributed by atoms with Crippen molar-refractivity contribution in [1.82, 2.24) is 0 Å². The SMILES string of the molecule is COc1cc(C)c(O)c(C(C)(C)/C=C(\C)CC(O)/C=C(\C)CCCC(C)C(=O)/C=C/C(C)(C)O)c1. The lowest BCUT2D eigenvalue weighted by atomic mass is 9.81. The number of phenols is 1. The number of aliphatic hydroxyl groups is 2. The van der Waals surface area contributed by atoms with Crippen LogP contribution in [0.25, 0.3) is 0 Å². The van der Waals surface area contributed by atoms with Gasteiger partial charge in [0.25, 0.3) is 0 Å². The minimum absolute atomic E-state index is 0.0226. The third kappa shape index (κ3) is 10.8. The van der Waals surface area contributed by atoms with Crippen molar-refractivity contribution >= 4 is 5.78 Å². The number of carbonyl (C=O) groups is 1. The fraction of sp³-hybridized carbons (Fsp3) is 0.567. The minimum atomic E-state index is -0.986. The first-order valence-electron chi connectivity index (χ1n) is 12.4. The van der Waals surface area contributed by atoms with Gasteiger partial charge in [0.15, 0.2) is 5.78 Å². The predicted octanol–water partition coefficient (Wildman–Crippen LogP) is 6.33. The number of hydrogen-bond acceptors (Lipinski definition) is 5. The van der Waals surface area contributed by atoms with Gasteiger partial charge in [-0.25, -0.2) is 0 Å². The molecule has 35 heavy (non-hydrogen) atoms. The third-order valence-corrected chi connectivity index (χ3v) is 6.17. The molecule has 0 amide bonds. The summed E-state index contributed by atoms with van der Waals surface area (Å²) in [5.74, 6) is 0.890. The van der Waals surface area contributed by atoms with Crippen molar-refractivity contribution in [3.63, 3.8) is 0 Å². The van der Waals surface area contributed by atoms with Gasteiger partial charge in [0.05, 0.1) is 18.8 Å². The highest BCUT2D eigenvalue weighted by molar-refractivity contribution is 5.91. The fourth-order valence-corrected chi connectivity index (χ4v) is 4.19. The molecular weight excluding hydrogens is 440 g/mol. The number of aryl methyl sites for hydroxylation is 1. The Morgan fingerprint density at radius 2 is 1.77 bits per heavy atom. The van der Waals surface area contributed by atoms with Crippen LogP contribution in [0.5, 0.6) is 11.5 Å². The molecule has 0 aromatic heterocycles. The summed E-state index contributed by atoms with van der Waals surface area (Å²) in [6.45, 7) is 15.1. The molecule has 0 aliphatic rings. The first kappa shape index (κ1) is 30.7. The first-order chi connectivity index (χ1) is 16.1. The number of phenolic OH excluding ortho intramolecular Hbond substituents is 1. The fourth-order valence-electron chi connectivity index (χ4n) is 4.19. The summed E-state index contributed by atoms with van der Waals surface area (Å²) in [4.78, 5) is 12.2. The van der Waals surface area contributed by atoms with Crippen LogP contribution in [0.3, 0.4) is 0 Å². The van der Waals surface area contributed by atoms with E-state index in [2.05, 4.69) is 6.08 Å². The second-order valence-electron chi connectivity index (χ2n) is 11.0. The Hall–Kier alpha value is -2.37. The van der Waals surface area contributed by atoms with E-state index in [0.29, 0.717) is 12.2 Å². The molecule has 0 aliphatic heterocycles. The van der Waals surface area contributed by atoms with Crippen LogP contribution in [0.15, 0.2) is 47.6 Å². The Labute approximate surface area is 212 Å². The molecule has 0 heterocycles. The smallest absolute Gasteiger partial charge is 0.158 e. The molecule has 5 nitrogen and oxygen atoms in total. The van der Waals surface area contributed by atoms with Gasteiger partial charge in [-0.1, -0.05) is 50.1 Å². The summed E-state index contributed by atoms with van der Waals surface area (Å²) in [7, 11) is 1.61. The lowest BCUT2D eigenvalue weighted by Gasteiger charge is -2.25. The maximum atomic E-state index is 12.2. The van der Waals surface area contributed by atoms with Crippen LogP contribution < -0.4 is 4.74 Å². The highest BCUT2D eigenvalue weighted by atomic mass is 16.5. The van der Waals surface area contributed by atoms with Gasteiger partial charge in [-0.3, -0.25) is 4.79 Å². The molecule has 5 heteroatoms. The summed E-state index contributed by atoms with van der Waals surface area (Å²) >= 11 is 0. The van der Waals surface area contributed by atoms with Gasteiger partial charge in [-0.05, 0) is 84.1 Å². The number of allylic oxidation sites excluding steroid dienone is 3. The highest BCUT2D eigenvalue weighted by Crippen LogP contribution is 2.38. The number of carbonyl (C=O) groups excluding carboxylic acids is 1. The maximum Gasteiger partial charge on any atom is 0.158 e. The van der Waals surface area contributed by atoms with Crippen molar-refractivity contribution in [3.8, 4) is 11.5 Å². The van der Waals surface area contributed by atoms with Crippen LogP contribution in [0.2, 0.25) is 0 Å². The second-order valence-corrected chi connectivity index (χ2v) is 11.0. The molecule has 0 bridgehead atoms. The molecule has 0 radical (unpaired) electrons. The molecule has 196 valence electrons. The number of aliphatic hydroxyl groups excluding tert-OH is 1. The zero-order chi connectivity index (χ0) is 27.0. The van der Waals surface area contributed by atoms with E-state index < -0.39 is 17.1 Å². The molecule has 2 atom stereocenters. The largest absolute Gasteiger partial charge is 0.507 e. The van der Waals surface area contributed by atoms with E-state index in [1.165, 1.54) is 12.2 Å². The Balaban J connectivity index is 2.71. The van der Waals surface area contributed by atoms with E-state index in [-0.39, 0.29) is 17.5 Å². The van der Waals surface area contributed by atoms with Gasteiger partial charge in [0.1, 0.15) is 11.5 Å². The maximum absolute atomic E-state index is 12.2. The predicted molar refractivity (Wildman–Crippen MR) is 144 cm³/mol. The summed E-state index contributed by atoms with van der Waals surface area (Å²) in [5, 5.41) is 30.9. The topological polar surface area (TPSA) is 87.0 Å². The third-order valence-electron chi connectivity index (χ3n) is 6.17. The highest BCUT2D eigenvalue weighted by Gasteiger charge is 2.24. The number of hydrogen-bond donors (Lipinski definition) is 3. The second kappa shape index (κ2) is 13.1. The molecule has 3 N–H and O–H groups in total. The molecule has 0 fully saturated rings. The molecule has 2 unspecified atom stereocenters. The van der Waals surface area contributed by atoms with Crippen LogP contribution in [-0.4, -0.2) is 39.9 Å². The standard InChI is InChI=1S/C30H46O5/c1-20(11-10-12-22(3)27(32)13-14-30(7,8)34)15-24(31)16-21(2)19-29(5,6)26-18-25(35-9)17-23(4)28(26)33/h13-15,17-19,22,24,31,33-34H,10-12,16H2,1-9H3/b14-13+,20-15+,21-19+. The molecule has 0 saturated heterocycles. The zero-order valence-electron chi connectivity index (χ0n) is 23.1. The molecule has 0 spiro atoms. The van der Waals surface area contributed by atoms with Crippen molar-refractivity contribution < 1.29 is 24.9 Å². The Bertz CT molecular complexity index is 944. The van der Waals surface area contributed by atoms with Crippen molar-refractivity contribution in [2.75, 3.05) is 7.11 Å². The number of rotatable bonds is 13. The van der Waals surface area contributed by atoms with E-state index >= 15 is 0 Å². The number of benzene rings is 1. The number of ketones is 1. The van der Waals surface area contributed by atoms with E-state index in [4.69, 9.17) is 4.74 Å². The summed E-state index contributed by atoms with van der Waals surface area (Å²) in [6, 6.07) is 3.67. The van der Waals surface area contributed by atoms with Gasteiger partial charge in [0.2, 0.25) is 0 Å². The van der Waals surface area contributed by atoms with Crippen LogP contribution in [0.4, 0.5) is 0 Å². The lowest BCUT2D eigenvalue weighted by molar-refractivity contribution is -0.118. The first-order valence-corrected chi connectivity index (χ1v) is 12.4. The molecule has 0 saturated carbocycles. The Morgan fingerprint density at radius 1 is 1.14 bits per heavy atom. The molecule has 1 rings (SSSR count). The van der Waals surface area contributed by atoms with Gasteiger partial charge >= 0.3 is 0 Å². The number of methoxy groups -OCH3 is 1. The quantitative estimate of drug-likeness (QED) is 0.224. The van der Waals surface area contributed by atoms with E-state index in [1.807, 2.05) is 59.8 Å². The number of ether oxygens (including phenoxy) is 1. The van der Waals surface area contributed by atoms with Gasteiger partial charge < -0.3 is 20.1 Å². The zero-order valence-corrected chi connectivity index (χ0v) is 23.1. The molecule has 1 aromatic rings. The van der Waals surface area contributed by atoms with Crippen molar-refractivity contribution in [2.24, 2.45) is 5.92 Å². The molecular formula is C30H46O5. The van der Waals surface area contributed by atoms with E-state index in [1.54, 1.807) is 21.0 Å². The average molecular weight is 487 g/mol. The van der Waals surface area contributed by atoms with Crippen LogP contribution in [0.1, 0.15) is 85.3 Å². The normalized spacial score (nSPS) is 15.4. The Kier molecular flexibility index (Phi) is 11.5. The van der Waals surface area contributed by atoms with Crippen LogP contribution in [-0.2, 0) is 10.2 Å². The van der Waals surface area contributed by atoms with Gasteiger partial charge in [0, 0.05) is 16.9 Å². The van der Waals surface area contributed by atoms with E-state index in [9.17, 15) is 20.1 Å². The Morgan fingerprint density at radius 3 is 2.34 bits per heavy atom. The number of aromatic hydroxyl groups is 1. The van der Waals surface area contributed by atoms with Gasteiger partial charge in [-0.15, -0.1) is 0 Å². The van der Waals surface area contributed by atoms with Crippen LogP contribution in [0, 0.1) is 12.8 Å². The lowest BCUT2D eigenvalue weighted by Crippen LogP contribution is -2.16. The van der Waals surface area contributed by atoms with Crippen LogP contribution >= 0.6 is 0 Å². The van der Waals surface area contributed by atoms with Crippen molar-refractivity contribution in [1.29, 1.82) is 0 Å². The average Bonchev–Trinajstić information content (AvgIpc) is 2.72. The van der Waals surface area contributed by atoms with Crippen molar-refractivity contribution in [2.45, 2.75) is 98.2 Å². The van der Waals surface area contributed by atoms with Crippen molar-refractivity contribution in [3.05, 3.63) is 58.7 Å². The minimum Gasteiger partial charge on any atom is -0.507 e. The molecule has 0 aliphatic carbocycles.